The van der Waals surface area contributed by atoms with Crippen LogP contribution in [0.2, 0.25) is 0 Å². The molecule has 0 spiro atoms. The monoisotopic (exact) mass is 290 g/mol. The molecule has 4 N–H and O–H groups in total. The summed E-state index contributed by atoms with van der Waals surface area (Å²) in [4.78, 5) is 23.4. The number of allylic oxidation sites excluding steroid dienone is 1. The average molecular weight is 290 g/mol. The van der Waals surface area contributed by atoms with Crippen LogP contribution in [-0.2, 0) is 11.8 Å². The molecule has 0 aliphatic heterocycles. The van der Waals surface area contributed by atoms with Gasteiger partial charge < -0.3 is 15.2 Å². The molecule has 0 saturated heterocycles. The summed E-state index contributed by atoms with van der Waals surface area (Å²) in [5.74, 6) is -0.114. The first-order valence-corrected chi connectivity index (χ1v) is 6.44. The van der Waals surface area contributed by atoms with Crippen molar-refractivity contribution in [1.29, 1.82) is 0 Å². The number of amidine groups is 1. The van der Waals surface area contributed by atoms with Crippen molar-refractivity contribution in [3.63, 3.8) is 0 Å². The predicted octanol–water partition coefficient (Wildman–Crippen LogP) is -0.215. The third-order valence-corrected chi connectivity index (χ3v) is 2.69. The SMILES string of the molecule is C=[N+]=C(N)CCNC(=O)c1cc(NC(=O)/C=C/C)cn1C. The molecule has 1 heterocycles. The standard InChI is InChI=1S/C14H19N5O2/c1-4-5-13(20)18-10-8-11(19(3)9-10)14(21)17-7-6-12(15)16-2/h4-5,8-9,15H,2,6-7H2,1,3H3,(H2,17,18,20,21)/p+1/b5-4+. The fourth-order valence-electron chi connectivity index (χ4n) is 1.67. The number of anilines is 1. The van der Waals surface area contributed by atoms with E-state index in [1.54, 1.807) is 36.9 Å². The molecular formula is C14H20N5O2+. The molecule has 2 amide bonds. The van der Waals surface area contributed by atoms with E-state index in [2.05, 4.69) is 22.0 Å². The van der Waals surface area contributed by atoms with Gasteiger partial charge in [0.25, 0.3) is 5.91 Å². The highest BCUT2D eigenvalue weighted by atomic mass is 16.2. The van der Waals surface area contributed by atoms with Crippen LogP contribution in [0.1, 0.15) is 23.8 Å². The van der Waals surface area contributed by atoms with Crippen molar-refractivity contribution in [2.45, 2.75) is 13.3 Å². The molecule has 0 fully saturated rings. The van der Waals surface area contributed by atoms with Crippen LogP contribution in [0.5, 0.6) is 0 Å². The normalized spacial score (nSPS) is 10.2. The zero-order chi connectivity index (χ0) is 15.8. The van der Waals surface area contributed by atoms with Gasteiger partial charge in [0.15, 0.2) is 6.72 Å². The molecule has 7 nitrogen and oxygen atoms in total. The number of nitrogens with one attached hydrogen (secondary N) is 2. The van der Waals surface area contributed by atoms with Gasteiger partial charge in [-0.2, -0.15) is 0 Å². The van der Waals surface area contributed by atoms with E-state index in [1.165, 1.54) is 6.08 Å². The number of nitrogens with two attached hydrogens (primary N) is 1. The lowest BCUT2D eigenvalue weighted by Crippen LogP contribution is -2.29. The molecule has 21 heavy (non-hydrogen) atoms. The molecule has 0 aromatic carbocycles. The topological polar surface area (TPSA) is 103 Å². The third-order valence-electron chi connectivity index (χ3n) is 2.69. The lowest BCUT2D eigenvalue weighted by molar-refractivity contribution is -0.111. The summed E-state index contributed by atoms with van der Waals surface area (Å²) in [6, 6.07) is 1.61. The maximum Gasteiger partial charge on any atom is 0.341 e. The van der Waals surface area contributed by atoms with Crippen molar-refractivity contribution in [2.24, 2.45) is 12.8 Å². The van der Waals surface area contributed by atoms with Gasteiger partial charge in [0.05, 0.1) is 12.1 Å². The highest BCUT2D eigenvalue weighted by molar-refractivity contribution is 6.01. The molecule has 0 unspecified atom stereocenters. The van der Waals surface area contributed by atoms with Crippen LogP contribution >= 0.6 is 0 Å². The smallest absolute Gasteiger partial charge is 0.341 e. The molecular weight excluding hydrogens is 270 g/mol. The molecule has 0 aliphatic rings. The number of carbonyl (C=O) groups excluding carboxylic acids is 2. The molecule has 0 atom stereocenters. The molecule has 0 aliphatic carbocycles. The van der Waals surface area contributed by atoms with E-state index >= 15 is 0 Å². The lowest BCUT2D eigenvalue weighted by Gasteiger charge is -2.03. The van der Waals surface area contributed by atoms with Gasteiger partial charge in [0.2, 0.25) is 5.91 Å². The minimum absolute atomic E-state index is 0.241. The van der Waals surface area contributed by atoms with Crippen LogP contribution in [0.15, 0.2) is 24.4 Å². The summed E-state index contributed by atoms with van der Waals surface area (Å²) in [7, 11) is 1.73. The summed E-state index contributed by atoms with van der Waals surface area (Å²) in [6.45, 7) is 5.43. The number of rotatable bonds is 6. The Bertz CT molecular complexity index is 609. The van der Waals surface area contributed by atoms with Gasteiger partial charge in [0.1, 0.15) is 5.69 Å². The second kappa shape index (κ2) is 7.72. The summed E-state index contributed by atoms with van der Waals surface area (Å²) >= 11 is 0. The Balaban J connectivity index is 2.66. The quantitative estimate of drug-likeness (QED) is 0.292. The van der Waals surface area contributed by atoms with Gasteiger partial charge in [-0.15, -0.1) is 0 Å². The maximum atomic E-state index is 12.0. The fourth-order valence-corrected chi connectivity index (χ4v) is 1.67. The summed E-state index contributed by atoms with van der Waals surface area (Å²) in [6.07, 6.45) is 5.15. The van der Waals surface area contributed by atoms with Gasteiger partial charge in [-0.05, 0) is 19.1 Å². The van der Waals surface area contributed by atoms with E-state index in [9.17, 15) is 9.59 Å². The van der Waals surface area contributed by atoms with E-state index in [0.29, 0.717) is 30.2 Å². The number of aromatic nitrogens is 1. The minimum Gasteiger partial charge on any atom is -0.350 e. The molecule has 7 heteroatoms. The Hall–Kier alpha value is -2.79. The van der Waals surface area contributed by atoms with Crippen molar-refractivity contribution in [1.82, 2.24) is 14.6 Å². The van der Waals surface area contributed by atoms with Gasteiger partial charge in [-0.3, -0.25) is 15.3 Å². The number of hydrogen-bond donors (Lipinski definition) is 3. The number of aryl methyl sites for hydroxylation is 1. The Morgan fingerprint density at radius 1 is 1.52 bits per heavy atom. The Morgan fingerprint density at radius 3 is 2.86 bits per heavy atom. The van der Waals surface area contributed by atoms with E-state index in [-0.39, 0.29) is 11.8 Å². The first kappa shape index (κ1) is 16.3. The number of amides is 2. The second-order valence-electron chi connectivity index (χ2n) is 4.37. The van der Waals surface area contributed by atoms with Crippen LogP contribution in [-0.4, -0.2) is 35.5 Å². The first-order valence-electron chi connectivity index (χ1n) is 6.44. The molecule has 112 valence electrons. The third kappa shape index (κ3) is 5.00. The largest absolute Gasteiger partial charge is 0.350 e. The minimum atomic E-state index is -0.249. The van der Waals surface area contributed by atoms with Crippen molar-refractivity contribution in [3.05, 3.63) is 30.1 Å². The highest BCUT2D eigenvalue weighted by Crippen LogP contribution is 2.12. The van der Waals surface area contributed by atoms with Gasteiger partial charge in [0, 0.05) is 19.8 Å². The van der Waals surface area contributed by atoms with Crippen LogP contribution in [0.3, 0.4) is 0 Å². The number of nitrogens with zero attached hydrogens (tertiary/aromatic N) is 2. The van der Waals surface area contributed by atoms with E-state index in [0.717, 1.165) is 0 Å². The molecule has 0 saturated carbocycles. The highest BCUT2D eigenvalue weighted by Gasteiger charge is 2.13. The first-order chi connectivity index (χ1) is 9.97. The number of carbonyl (C=O) groups is 2. The predicted molar refractivity (Wildman–Crippen MR) is 84.3 cm³/mol. The van der Waals surface area contributed by atoms with Crippen LogP contribution in [0.25, 0.3) is 0 Å². The van der Waals surface area contributed by atoms with Crippen molar-refractivity contribution in [2.75, 3.05) is 11.9 Å². The van der Waals surface area contributed by atoms with E-state index < -0.39 is 0 Å². The summed E-state index contributed by atoms with van der Waals surface area (Å²) < 4.78 is 5.20. The van der Waals surface area contributed by atoms with Crippen LogP contribution in [0, 0.1) is 0 Å². The van der Waals surface area contributed by atoms with Gasteiger partial charge >= 0.3 is 5.84 Å². The van der Waals surface area contributed by atoms with Crippen molar-refractivity contribution >= 4 is 30.1 Å². The summed E-state index contributed by atoms with van der Waals surface area (Å²) in [5, 5.41) is 5.39. The van der Waals surface area contributed by atoms with E-state index in [4.69, 9.17) is 5.73 Å². The Kier molecular flexibility index (Phi) is 5.98. The zero-order valence-electron chi connectivity index (χ0n) is 12.2. The molecule has 1 aromatic heterocycles. The van der Waals surface area contributed by atoms with E-state index in [1.807, 2.05) is 0 Å². The molecule has 1 rings (SSSR count). The van der Waals surface area contributed by atoms with Crippen molar-refractivity contribution < 1.29 is 9.59 Å². The Morgan fingerprint density at radius 2 is 2.24 bits per heavy atom. The second-order valence-corrected chi connectivity index (χ2v) is 4.37. The zero-order valence-corrected chi connectivity index (χ0v) is 12.2. The van der Waals surface area contributed by atoms with Crippen LogP contribution in [0.4, 0.5) is 5.69 Å². The number of hydrogen-bond acceptors (Lipinski definition) is 2. The maximum absolute atomic E-state index is 12.0. The van der Waals surface area contributed by atoms with Crippen LogP contribution < -0.4 is 21.0 Å². The molecule has 1 aromatic rings. The van der Waals surface area contributed by atoms with Gasteiger partial charge in [-0.25, -0.2) is 4.67 Å². The van der Waals surface area contributed by atoms with Gasteiger partial charge in [-0.1, -0.05) is 6.08 Å². The average Bonchev–Trinajstić information content (AvgIpc) is 2.79. The fraction of sp³-hybridized carbons (Fsp3) is 0.286. The lowest BCUT2D eigenvalue weighted by atomic mass is 10.3. The Labute approximate surface area is 123 Å². The molecule has 0 radical (unpaired) electrons. The summed E-state index contributed by atoms with van der Waals surface area (Å²) in [5.41, 5.74) is 6.49. The molecule has 0 bridgehead atoms. The van der Waals surface area contributed by atoms with Crippen molar-refractivity contribution in [3.8, 4) is 0 Å².